The van der Waals surface area contributed by atoms with Crippen molar-refractivity contribution in [3.8, 4) is 0 Å². The summed E-state index contributed by atoms with van der Waals surface area (Å²) < 4.78 is 1.07. The summed E-state index contributed by atoms with van der Waals surface area (Å²) in [5.74, 6) is 0.833. The van der Waals surface area contributed by atoms with Gasteiger partial charge in [0.2, 0.25) is 5.16 Å². The Morgan fingerprint density at radius 2 is 2.21 bits per heavy atom. The summed E-state index contributed by atoms with van der Waals surface area (Å²) in [6, 6.07) is 6.76. The molecule has 0 bridgehead atoms. The molecule has 0 saturated heterocycles. The number of hydrogen-bond acceptors (Lipinski definition) is 4. The first-order chi connectivity index (χ1) is 9.04. The lowest BCUT2D eigenvalue weighted by Crippen LogP contribution is -2.22. The molecule has 0 unspecified atom stereocenters. The predicted molar refractivity (Wildman–Crippen MR) is 81.4 cm³/mol. The monoisotopic (exact) mass is 340 g/mol. The second-order valence-corrected chi connectivity index (χ2v) is 6.52. The molecule has 0 atom stereocenters. The smallest absolute Gasteiger partial charge is 0.213 e. The van der Waals surface area contributed by atoms with E-state index >= 15 is 0 Å². The Hall–Kier alpha value is -0.850. The fourth-order valence-electron chi connectivity index (χ4n) is 1.55. The molecule has 0 aliphatic rings. The zero-order valence-electron chi connectivity index (χ0n) is 11.2. The topological polar surface area (TPSA) is 53.6 Å². The van der Waals surface area contributed by atoms with Crippen LogP contribution in [0.1, 0.15) is 25.2 Å². The van der Waals surface area contributed by atoms with Gasteiger partial charge in [-0.3, -0.25) is 5.10 Å². The molecule has 2 N–H and O–H groups in total. The summed E-state index contributed by atoms with van der Waals surface area (Å²) in [4.78, 5) is 5.50. The van der Waals surface area contributed by atoms with Gasteiger partial charge in [0.15, 0.2) is 0 Å². The number of nitrogens with zero attached hydrogens (tertiary/aromatic N) is 2. The summed E-state index contributed by atoms with van der Waals surface area (Å²) in [5.41, 5.74) is 1.25. The highest BCUT2D eigenvalue weighted by atomic mass is 79.9. The van der Waals surface area contributed by atoms with Gasteiger partial charge in [0.1, 0.15) is 5.82 Å². The third kappa shape index (κ3) is 4.33. The van der Waals surface area contributed by atoms with Crippen molar-refractivity contribution in [2.45, 2.75) is 43.4 Å². The second-order valence-electron chi connectivity index (χ2n) is 4.59. The Balaban J connectivity index is 2.19. The molecular weight excluding hydrogens is 324 g/mol. The minimum absolute atomic E-state index is 0.465. The van der Waals surface area contributed by atoms with Gasteiger partial charge in [0.25, 0.3) is 0 Å². The minimum atomic E-state index is 0.465. The number of benzene rings is 1. The molecule has 102 valence electrons. The van der Waals surface area contributed by atoms with Gasteiger partial charge in [0.05, 0.1) is 0 Å². The van der Waals surface area contributed by atoms with Crippen LogP contribution in [0.3, 0.4) is 0 Å². The Morgan fingerprint density at radius 3 is 2.84 bits per heavy atom. The molecule has 1 heterocycles. The number of nitrogens with one attached hydrogen (secondary N) is 2. The first-order valence-electron chi connectivity index (χ1n) is 6.13. The van der Waals surface area contributed by atoms with Crippen molar-refractivity contribution < 1.29 is 0 Å². The van der Waals surface area contributed by atoms with Crippen LogP contribution in [0.15, 0.2) is 32.7 Å². The fraction of sp³-hybridized carbons (Fsp3) is 0.385. The molecule has 0 fully saturated rings. The molecule has 2 aromatic rings. The SMILES string of the molecule is Cc1nc(Sc2cc(Br)ccc2CNC(C)C)n[nH]1. The van der Waals surface area contributed by atoms with E-state index in [2.05, 4.69) is 68.5 Å². The molecular formula is C13H17BrN4S. The van der Waals surface area contributed by atoms with E-state index in [1.54, 1.807) is 11.8 Å². The van der Waals surface area contributed by atoms with E-state index in [9.17, 15) is 0 Å². The number of H-pyrrole nitrogens is 1. The lowest BCUT2D eigenvalue weighted by Gasteiger charge is -2.11. The Kier molecular flexibility index (Phi) is 5.01. The molecule has 19 heavy (non-hydrogen) atoms. The molecule has 1 aromatic heterocycles. The Morgan fingerprint density at radius 1 is 1.42 bits per heavy atom. The van der Waals surface area contributed by atoms with Gasteiger partial charge >= 0.3 is 0 Å². The predicted octanol–water partition coefficient (Wildman–Crippen LogP) is 3.52. The van der Waals surface area contributed by atoms with Crippen LogP contribution in [-0.4, -0.2) is 21.2 Å². The average molecular weight is 341 g/mol. The van der Waals surface area contributed by atoms with Crippen LogP contribution < -0.4 is 5.32 Å². The standard InChI is InChI=1S/C13H17BrN4S/c1-8(2)15-7-10-4-5-11(14)6-12(10)19-13-16-9(3)17-18-13/h4-6,8,15H,7H2,1-3H3,(H,16,17,18). The highest BCUT2D eigenvalue weighted by molar-refractivity contribution is 9.10. The summed E-state index contributed by atoms with van der Waals surface area (Å²) in [5, 5.41) is 11.2. The molecule has 0 saturated carbocycles. The number of aryl methyl sites for hydroxylation is 1. The quantitative estimate of drug-likeness (QED) is 0.874. The first kappa shape index (κ1) is 14.6. The van der Waals surface area contributed by atoms with Crippen LogP contribution in [0, 0.1) is 6.92 Å². The first-order valence-corrected chi connectivity index (χ1v) is 7.74. The van der Waals surface area contributed by atoms with E-state index in [-0.39, 0.29) is 0 Å². The van der Waals surface area contributed by atoms with Crippen molar-refractivity contribution in [1.29, 1.82) is 0 Å². The van der Waals surface area contributed by atoms with Crippen molar-refractivity contribution in [3.63, 3.8) is 0 Å². The van der Waals surface area contributed by atoms with Crippen LogP contribution in [0.25, 0.3) is 0 Å². The largest absolute Gasteiger partial charge is 0.310 e. The van der Waals surface area contributed by atoms with Gasteiger partial charge in [-0.2, -0.15) is 0 Å². The van der Waals surface area contributed by atoms with E-state index in [0.717, 1.165) is 22.0 Å². The van der Waals surface area contributed by atoms with Crippen LogP contribution in [0.4, 0.5) is 0 Å². The maximum Gasteiger partial charge on any atom is 0.213 e. The molecule has 0 aliphatic heterocycles. The average Bonchev–Trinajstić information content (AvgIpc) is 2.73. The lowest BCUT2D eigenvalue weighted by molar-refractivity contribution is 0.584. The molecule has 0 amide bonds. The molecule has 6 heteroatoms. The van der Waals surface area contributed by atoms with E-state index in [4.69, 9.17) is 0 Å². The van der Waals surface area contributed by atoms with Crippen LogP contribution in [-0.2, 0) is 6.54 Å². The van der Waals surface area contributed by atoms with Crippen molar-refractivity contribution >= 4 is 27.7 Å². The summed E-state index contributed by atoms with van der Waals surface area (Å²) >= 11 is 5.09. The van der Waals surface area contributed by atoms with Gasteiger partial charge in [0, 0.05) is 22.0 Å². The van der Waals surface area contributed by atoms with E-state index in [0.29, 0.717) is 6.04 Å². The van der Waals surface area contributed by atoms with Crippen molar-refractivity contribution in [3.05, 3.63) is 34.1 Å². The van der Waals surface area contributed by atoms with Crippen molar-refractivity contribution in [1.82, 2.24) is 20.5 Å². The second kappa shape index (κ2) is 6.54. The lowest BCUT2D eigenvalue weighted by atomic mass is 10.2. The molecule has 0 radical (unpaired) electrons. The van der Waals surface area contributed by atoms with Gasteiger partial charge < -0.3 is 5.32 Å². The normalized spacial score (nSPS) is 11.2. The molecule has 4 nitrogen and oxygen atoms in total. The molecule has 1 aromatic carbocycles. The van der Waals surface area contributed by atoms with Gasteiger partial charge in [-0.1, -0.05) is 35.8 Å². The third-order valence-electron chi connectivity index (χ3n) is 2.51. The van der Waals surface area contributed by atoms with Gasteiger partial charge in [-0.25, -0.2) is 4.98 Å². The van der Waals surface area contributed by atoms with Crippen molar-refractivity contribution in [2.75, 3.05) is 0 Å². The molecule has 2 rings (SSSR count). The van der Waals surface area contributed by atoms with E-state index < -0.39 is 0 Å². The zero-order valence-corrected chi connectivity index (χ0v) is 13.6. The zero-order chi connectivity index (χ0) is 13.8. The van der Waals surface area contributed by atoms with Crippen LogP contribution >= 0.6 is 27.7 Å². The number of hydrogen-bond donors (Lipinski definition) is 2. The Bertz CT molecular complexity index is 553. The third-order valence-corrected chi connectivity index (χ3v) is 3.97. The van der Waals surface area contributed by atoms with Crippen LogP contribution in [0.2, 0.25) is 0 Å². The summed E-state index contributed by atoms with van der Waals surface area (Å²) in [7, 11) is 0. The highest BCUT2D eigenvalue weighted by Crippen LogP contribution is 2.30. The van der Waals surface area contributed by atoms with Crippen LogP contribution in [0.5, 0.6) is 0 Å². The molecule has 0 spiro atoms. The summed E-state index contributed by atoms with van der Waals surface area (Å²) in [6.07, 6.45) is 0. The number of halogens is 1. The van der Waals surface area contributed by atoms with E-state index in [1.807, 2.05) is 6.92 Å². The highest BCUT2D eigenvalue weighted by Gasteiger charge is 2.09. The number of rotatable bonds is 5. The summed E-state index contributed by atoms with van der Waals surface area (Å²) in [6.45, 7) is 7.03. The van der Waals surface area contributed by atoms with Crippen molar-refractivity contribution in [2.24, 2.45) is 0 Å². The maximum absolute atomic E-state index is 4.33. The number of aromatic amines is 1. The molecule has 0 aliphatic carbocycles. The maximum atomic E-state index is 4.33. The Labute approximate surface area is 125 Å². The fourth-order valence-corrected chi connectivity index (χ4v) is 2.99. The number of aromatic nitrogens is 3. The van der Waals surface area contributed by atoms with E-state index in [1.165, 1.54) is 10.5 Å². The minimum Gasteiger partial charge on any atom is -0.310 e. The van der Waals surface area contributed by atoms with Gasteiger partial charge in [-0.15, -0.1) is 5.10 Å². The van der Waals surface area contributed by atoms with Gasteiger partial charge in [-0.05, 0) is 36.4 Å².